The zero-order valence-electron chi connectivity index (χ0n) is 24.1. The number of ether oxygens (including phenoxy) is 1. The Labute approximate surface area is 250 Å². The van der Waals surface area contributed by atoms with Crippen LogP contribution in [0.5, 0.6) is 5.75 Å². The van der Waals surface area contributed by atoms with Gasteiger partial charge < -0.3 is 10.1 Å². The average Bonchev–Trinajstić information content (AvgIpc) is 3.40. The molecule has 0 fully saturated rings. The van der Waals surface area contributed by atoms with E-state index in [2.05, 4.69) is 5.32 Å². The van der Waals surface area contributed by atoms with Crippen molar-refractivity contribution in [1.82, 2.24) is 9.88 Å². The molecule has 0 bridgehead atoms. The first-order valence-corrected chi connectivity index (χ1v) is 14.7. The van der Waals surface area contributed by atoms with E-state index in [1.165, 1.54) is 35.6 Å². The molecule has 43 heavy (non-hydrogen) atoms. The van der Waals surface area contributed by atoms with E-state index in [1.54, 1.807) is 13.0 Å². The maximum Gasteiger partial charge on any atom is 0.416 e. The van der Waals surface area contributed by atoms with Crippen LogP contribution in [0.2, 0.25) is 0 Å². The molecule has 0 radical (unpaired) electrons. The third-order valence-corrected chi connectivity index (χ3v) is 9.29. The number of rotatable bonds is 8. The van der Waals surface area contributed by atoms with Crippen LogP contribution in [0.1, 0.15) is 47.7 Å². The minimum Gasteiger partial charge on any atom is -0.494 e. The highest BCUT2D eigenvalue weighted by Gasteiger charge is 2.37. The van der Waals surface area contributed by atoms with Gasteiger partial charge in [-0.3, -0.25) is 9.36 Å². The minimum absolute atomic E-state index is 0.00914. The molecule has 1 unspecified atom stereocenters. The van der Waals surface area contributed by atoms with E-state index in [1.807, 2.05) is 44.2 Å². The van der Waals surface area contributed by atoms with E-state index in [9.17, 15) is 18.0 Å². The second-order valence-electron chi connectivity index (χ2n) is 11.1. The number of aromatic nitrogens is 1. The van der Waals surface area contributed by atoms with E-state index in [-0.39, 0.29) is 16.9 Å². The first kappa shape index (κ1) is 30.8. The molecule has 1 aliphatic rings. The summed E-state index contributed by atoms with van der Waals surface area (Å²) in [5.41, 5.74) is -0.874. The Bertz CT molecular complexity index is 1720. The fourth-order valence-corrected chi connectivity index (χ4v) is 7.00. The van der Waals surface area contributed by atoms with E-state index in [0.29, 0.717) is 28.5 Å². The van der Waals surface area contributed by atoms with Gasteiger partial charge in [0.05, 0.1) is 29.3 Å². The minimum atomic E-state index is -4.79. The Morgan fingerprint density at radius 2 is 1.67 bits per heavy atom. The standard InChI is InChI=1S/C33H31F5N2O2S/c1-19-23(16-24-25(33(36,37)38)13-9-14-26(24)34)31-40(30(41)28(19)22-12-8-15-27(42-4)29(22)35)21(18-43-31)17-39-32(2,3)20-10-6-5-7-11-20/h5-15,21,39H,16-18H2,1-4H3. The van der Waals surface area contributed by atoms with Crippen molar-refractivity contribution in [3.8, 4) is 16.9 Å². The van der Waals surface area contributed by atoms with Crippen LogP contribution < -0.4 is 15.6 Å². The molecule has 3 aromatic carbocycles. The molecule has 1 atom stereocenters. The molecule has 4 nitrogen and oxygen atoms in total. The van der Waals surface area contributed by atoms with Crippen molar-refractivity contribution in [1.29, 1.82) is 0 Å². The van der Waals surface area contributed by atoms with Gasteiger partial charge in [-0.25, -0.2) is 8.78 Å². The Morgan fingerprint density at radius 3 is 2.35 bits per heavy atom. The number of hydrogen-bond donors (Lipinski definition) is 1. The summed E-state index contributed by atoms with van der Waals surface area (Å²) in [5.74, 6) is -1.38. The molecule has 10 heteroatoms. The molecule has 226 valence electrons. The van der Waals surface area contributed by atoms with Crippen LogP contribution in [-0.4, -0.2) is 24.0 Å². The quantitative estimate of drug-likeness (QED) is 0.205. The second-order valence-corrected chi connectivity index (χ2v) is 12.1. The molecule has 0 saturated heterocycles. The average molecular weight is 615 g/mol. The van der Waals surface area contributed by atoms with Gasteiger partial charge in [0.25, 0.3) is 5.56 Å². The van der Waals surface area contributed by atoms with Crippen molar-refractivity contribution in [2.75, 3.05) is 19.4 Å². The smallest absolute Gasteiger partial charge is 0.416 e. The van der Waals surface area contributed by atoms with Crippen LogP contribution in [0, 0.1) is 18.6 Å². The van der Waals surface area contributed by atoms with E-state index in [0.717, 1.165) is 23.8 Å². The molecule has 0 aliphatic carbocycles. The van der Waals surface area contributed by atoms with Gasteiger partial charge in [0.15, 0.2) is 11.6 Å². The van der Waals surface area contributed by atoms with Crippen molar-refractivity contribution < 1.29 is 26.7 Å². The molecule has 5 rings (SSSR count). The van der Waals surface area contributed by atoms with Crippen molar-refractivity contribution in [3.05, 3.63) is 117 Å². The first-order chi connectivity index (χ1) is 20.3. The van der Waals surface area contributed by atoms with Crippen LogP contribution >= 0.6 is 11.8 Å². The summed E-state index contributed by atoms with van der Waals surface area (Å²) in [5, 5.41) is 3.97. The maximum atomic E-state index is 15.6. The fourth-order valence-electron chi connectivity index (χ4n) is 5.62. The maximum absolute atomic E-state index is 15.6. The van der Waals surface area contributed by atoms with Crippen molar-refractivity contribution >= 4 is 11.8 Å². The lowest BCUT2D eigenvalue weighted by molar-refractivity contribution is -0.138. The van der Waals surface area contributed by atoms with Crippen molar-refractivity contribution in [3.63, 3.8) is 0 Å². The number of nitrogens with zero attached hydrogens (tertiary/aromatic N) is 1. The summed E-state index contributed by atoms with van der Waals surface area (Å²) >= 11 is 1.33. The van der Waals surface area contributed by atoms with Gasteiger partial charge in [0.1, 0.15) is 5.82 Å². The zero-order chi connectivity index (χ0) is 31.1. The Balaban J connectivity index is 1.68. The number of fused-ring (bicyclic) bond motifs is 1. The van der Waals surface area contributed by atoms with Gasteiger partial charge in [-0.1, -0.05) is 48.5 Å². The SMILES string of the molecule is COc1cccc(-c2c(C)c(Cc3c(F)cccc3C(F)(F)F)c3n(c2=O)C(CNC(C)(C)c2ccccc2)CS3)c1F. The number of halogens is 5. The Hall–Kier alpha value is -3.63. The van der Waals surface area contributed by atoms with Gasteiger partial charge in [0.2, 0.25) is 0 Å². The molecular formula is C33H31F5N2O2S. The van der Waals surface area contributed by atoms with Crippen LogP contribution in [0.3, 0.4) is 0 Å². The highest BCUT2D eigenvalue weighted by atomic mass is 32.2. The number of hydrogen-bond acceptors (Lipinski definition) is 4. The van der Waals surface area contributed by atoms with Gasteiger partial charge >= 0.3 is 6.18 Å². The second kappa shape index (κ2) is 11.8. The fraction of sp³-hybridized carbons (Fsp3) is 0.303. The zero-order valence-corrected chi connectivity index (χ0v) is 24.9. The number of benzene rings is 3. The van der Waals surface area contributed by atoms with Crippen LogP contribution in [0.25, 0.3) is 11.1 Å². The lowest BCUT2D eigenvalue weighted by Crippen LogP contribution is -2.42. The summed E-state index contributed by atoms with van der Waals surface area (Å²) in [7, 11) is 1.31. The molecule has 0 spiro atoms. The van der Waals surface area contributed by atoms with E-state index < -0.39 is 52.5 Å². The van der Waals surface area contributed by atoms with E-state index >= 15 is 8.78 Å². The molecule has 2 heterocycles. The van der Waals surface area contributed by atoms with Gasteiger partial charge in [-0.2, -0.15) is 13.2 Å². The predicted molar refractivity (Wildman–Crippen MR) is 159 cm³/mol. The predicted octanol–water partition coefficient (Wildman–Crippen LogP) is 7.89. The Morgan fingerprint density at radius 1 is 0.977 bits per heavy atom. The number of methoxy groups -OCH3 is 1. The number of nitrogens with one attached hydrogen (secondary N) is 1. The highest BCUT2D eigenvalue weighted by molar-refractivity contribution is 7.99. The van der Waals surface area contributed by atoms with Crippen LogP contribution in [0.15, 0.2) is 76.6 Å². The van der Waals surface area contributed by atoms with Crippen LogP contribution in [0.4, 0.5) is 22.0 Å². The van der Waals surface area contributed by atoms with Gasteiger partial charge in [0, 0.05) is 35.4 Å². The summed E-state index contributed by atoms with van der Waals surface area (Å²) < 4.78 is 79.2. The van der Waals surface area contributed by atoms with Crippen molar-refractivity contribution in [2.45, 2.75) is 50.0 Å². The molecule has 1 N–H and O–H groups in total. The summed E-state index contributed by atoms with van der Waals surface area (Å²) in [6, 6.07) is 16.6. The lowest BCUT2D eigenvalue weighted by atomic mass is 9.92. The monoisotopic (exact) mass is 614 g/mol. The molecule has 4 aromatic rings. The molecule has 0 saturated carbocycles. The lowest BCUT2D eigenvalue weighted by Gasteiger charge is -2.29. The van der Waals surface area contributed by atoms with E-state index in [4.69, 9.17) is 4.74 Å². The highest BCUT2D eigenvalue weighted by Crippen LogP contribution is 2.42. The number of pyridine rings is 1. The third kappa shape index (κ3) is 5.82. The summed E-state index contributed by atoms with van der Waals surface area (Å²) in [6.45, 7) is 5.97. The van der Waals surface area contributed by atoms with Gasteiger partial charge in [-0.15, -0.1) is 11.8 Å². The molecular weight excluding hydrogens is 583 g/mol. The Kier molecular flexibility index (Phi) is 8.46. The molecule has 1 aliphatic heterocycles. The largest absolute Gasteiger partial charge is 0.494 e. The molecule has 0 amide bonds. The topological polar surface area (TPSA) is 43.3 Å². The first-order valence-electron chi connectivity index (χ1n) is 13.7. The number of alkyl halides is 3. The van der Waals surface area contributed by atoms with Crippen molar-refractivity contribution in [2.24, 2.45) is 0 Å². The normalized spacial score (nSPS) is 15.0. The summed E-state index contributed by atoms with van der Waals surface area (Å²) in [4.78, 5) is 14.2. The number of thioether (sulfide) groups is 1. The van der Waals surface area contributed by atoms with Gasteiger partial charge in [-0.05, 0) is 55.7 Å². The van der Waals surface area contributed by atoms with Crippen LogP contribution in [-0.2, 0) is 18.1 Å². The third-order valence-electron chi connectivity index (χ3n) is 8.02. The summed E-state index contributed by atoms with van der Waals surface area (Å²) in [6.07, 6.45) is -5.21. The molecule has 1 aromatic heterocycles.